The maximum atomic E-state index is 12.9. The molecular weight excluding hydrogens is 312 g/mol. The van der Waals surface area contributed by atoms with E-state index in [1.807, 2.05) is 6.92 Å². The molecule has 0 fully saturated rings. The zero-order chi connectivity index (χ0) is 16.8. The van der Waals surface area contributed by atoms with Gasteiger partial charge in [0, 0.05) is 24.8 Å². The van der Waals surface area contributed by atoms with Gasteiger partial charge in [-0.1, -0.05) is 30.4 Å². The van der Waals surface area contributed by atoms with Crippen molar-refractivity contribution in [3.63, 3.8) is 0 Å². The fraction of sp³-hybridized carbons (Fsp3) is 0.118. The van der Waals surface area contributed by atoms with Crippen molar-refractivity contribution in [2.24, 2.45) is 7.05 Å². The van der Waals surface area contributed by atoms with Crippen molar-refractivity contribution in [2.75, 3.05) is 0 Å². The molecule has 5 nitrogen and oxygen atoms in total. The zero-order valence-corrected chi connectivity index (χ0v) is 13.7. The van der Waals surface area contributed by atoms with Crippen LogP contribution in [0.1, 0.15) is 11.1 Å². The number of aromatic nitrogens is 2. The number of rotatable bonds is 3. The second-order valence-electron chi connectivity index (χ2n) is 5.40. The smallest absolute Gasteiger partial charge is 0.275 e. The Kier molecular flexibility index (Phi) is 3.49. The summed E-state index contributed by atoms with van der Waals surface area (Å²) in [5.74, 6) is 0. The van der Waals surface area contributed by atoms with Crippen LogP contribution in [0.5, 0.6) is 0 Å². The molecule has 0 amide bonds. The first-order chi connectivity index (χ1) is 10.9. The average molecular weight is 328 g/mol. The van der Waals surface area contributed by atoms with E-state index in [1.165, 1.54) is 10.8 Å². The summed E-state index contributed by atoms with van der Waals surface area (Å²) in [6, 6.07) is 8.16. The summed E-state index contributed by atoms with van der Waals surface area (Å²) in [6.07, 6.45) is 4.65. The second kappa shape index (κ2) is 5.24. The number of hydrogen-bond acceptors (Lipinski definition) is 3. The van der Waals surface area contributed by atoms with E-state index in [-0.39, 0.29) is 16.0 Å². The second-order valence-corrected chi connectivity index (χ2v) is 7.21. The van der Waals surface area contributed by atoms with Crippen LogP contribution in [0.15, 0.2) is 59.0 Å². The van der Waals surface area contributed by atoms with E-state index in [0.717, 1.165) is 9.54 Å². The minimum atomic E-state index is -3.83. The van der Waals surface area contributed by atoms with Crippen molar-refractivity contribution in [1.82, 2.24) is 8.54 Å². The van der Waals surface area contributed by atoms with Gasteiger partial charge in [0.15, 0.2) is 0 Å². The fourth-order valence-electron chi connectivity index (χ4n) is 2.55. The molecule has 0 unspecified atom stereocenters. The molecule has 0 spiro atoms. The first kappa shape index (κ1) is 15.3. The third kappa shape index (κ3) is 2.31. The monoisotopic (exact) mass is 328 g/mol. The summed E-state index contributed by atoms with van der Waals surface area (Å²) >= 11 is 0. The molecule has 2 aromatic heterocycles. The normalized spacial score (nSPS) is 11.7. The molecule has 0 N–H and O–H groups in total. The highest BCUT2D eigenvalue weighted by molar-refractivity contribution is 7.90. The van der Waals surface area contributed by atoms with Crippen LogP contribution < -0.4 is 5.56 Å². The Morgan fingerprint density at radius 1 is 1.13 bits per heavy atom. The van der Waals surface area contributed by atoms with Crippen molar-refractivity contribution in [3.8, 4) is 0 Å². The summed E-state index contributed by atoms with van der Waals surface area (Å²) in [4.78, 5) is 12.6. The topological polar surface area (TPSA) is 61.1 Å². The van der Waals surface area contributed by atoms with Gasteiger partial charge in [0.05, 0.1) is 4.90 Å². The summed E-state index contributed by atoms with van der Waals surface area (Å²) in [6.45, 7) is 5.60. The van der Waals surface area contributed by atoms with Gasteiger partial charge in [-0.05, 0) is 30.7 Å². The summed E-state index contributed by atoms with van der Waals surface area (Å²) in [7, 11) is -2.25. The van der Waals surface area contributed by atoms with Gasteiger partial charge in [0.25, 0.3) is 15.6 Å². The molecule has 0 aliphatic rings. The number of benzene rings is 1. The van der Waals surface area contributed by atoms with Crippen molar-refractivity contribution >= 4 is 27.0 Å². The van der Waals surface area contributed by atoms with Crippen LogP contribution in [-0.2, 0) is 17.1 Å². The fourth-order valence-corrected chi connectivity index (χ4v) is 3.89. The number of pyridine rings is 1. The molecule has 0 atom stereocenters. The van der Waals surface area contributed by atoms with Crippen molar-refractivity contribution in [3.05, 3.63) is 70.8 Å². The first-order valence-corrected chi connectivity index (χ1v) is 8.45. The largest absolute Gasteiger partial charge is 0.316 e. The van der Waals surface area contributed by atoms with Gasteiger partial charge in [0.2, 0.25) is 0 Å². The Balaban J connectivity index is 2.37. The maximum Gasteiger partial charge on any atom is 0.275 e. The van der Waals surface area contributed by atoms with Crippen LogP contribution in [0, 0.1) is 6.92 Å². The van der Waals surface area contributed by atoms with E-state index in [9.17, 15) is 13.2 Å². The lowest BCUT2D eigenvalue weighted by atomic mass is 10.2. The molecule has 3 rings (SSSR count). The molecule has 2 heterocycles. The molecule has 0 bridgehead atoms. The minimum absolute atomic E-state index is 0.130. The maximum absolute atomic E-state index is 12.9. The molecule has 118 valence electrons. The van der Waals surface area contributed by atoms with Crippen molar-refractivity contribution in [2.45, 2.75) is 11.8 Å². The Morgan fingerprint density at radius 2 is 1.78 bits per heavy atom. The summed E-state index contributed by atoms with van der Waals surface area (Å²) < 4.78 is 28.2. The molecule has 0 aliphatic carbocycles. The number of aryl methyl sites for hydroxylation is 2. The molecule has 1 aromatic carbocycles. The van der Waals surface area contributed by atoms with Gasteiger partial charge in [-0.3, -0.25) is 4.79 Å². The van der Waals surface area contributed by atoms with Crippen LogP contribution in [0.25, 0.3) is 17.0 Å². The van der Waals surface area contributed by atoms with Crippen LogP contribution in [0.4, 0.5) is 0 Å². The van der Waals surface area contributed by atoms with E-state index < -0.39 is 10.0 Å². The third-order valence-corrected chi connectivity index (χ3v) is 5.51. The van der Waals surface area contributed by atoms with Crippen molar-refractivity contribution in [1.29, 1.82) is 0 Å². The Bertz CT molecular complexity index is 1070. The van der Waals surface area contributed by atoms with E-state index in [2.05, 4.69) is 6.58 Å². The van der Waals surface area contributed by atoms with E-state index in [0.29, 0.717) is 10.9 Å². The van der Waals surface area contributed by atoms with Crippen LogP contribution in [0.2, 0.25) is 0 Å². The van der Waals surface area contributed by atoms with Gasteiger partial charge in [-0.15, -0.1) is 0 Å². The van der Waals surface area contributed by atoms with E-state index in [1.54, 1.807) is 49.7 Å². The summed E-state index contributed by atoms with van der Waals surface area (Å²) in [5, 5.41) is 0.568. The predicted molar refractivity (Wildman–Crippen MR) is 91.0 cm³/mol. The zero-order valence-electron chi connectivity index (χ0n) is 12.9. The highest BCUT2D eigenvalue weighted by Gasteiger charge is 2.21. The van der Waals surface area contributed by atoms with E-state index in [4.69, 9.17) is 0 Å². The Morgan fingerprint density at radius 3 is 2.39 bits per heavy atom. The van der Waals surface area contributed by atoms with Crippen LogP contribution >= 0.6 is 0 Å². The molecule has 0 saturated heterocycles. The van der Waals surface area contributed by atoms with Gasteiger partial charge in [-0.2, -0.15) is 0 Å². The van der Waals surface area contributed by atoms with Crippen LogP contribution in [-0.4, -0.2) is 17.0 Å². The SMILES string of the molecule is C=Cc1cn(C)c(=O)c2c1ccn2S(=O)(=O)c1ccc(C)cc1. The molecule has 23 heavy (non-hydrogen) atoms. The number of hydrogen-bond donors (Lipinski definition) is 0. The molecule has 6 heteroatoms. The lowest BCUT2D eigenvalue weighted by Crippen LogP contribution is -2.22. The minimum Gasteiger partial charge on any atom is -0.316 e. The Labute approximate surface area is 134 Å². The van der Waals surface area contributed by atoms with E-state index >= 15 is 0 Å². The molecular formula is C17H16N2O3S. The van der Waals surface area contributed by atoms with Gasteiger partial charge < -0.3 is 4.57 Å². The Hall–Kier alpha value is -2.60. The average Bonchev–Trinajstić information content (AvgIpc) is 2.97. The first-order valence-electron chi connectivity index (χ1n) is 7.01. The lowest BCUT2D eigenvalue weighted by Gasteiger charge is -2.09. The highest BCUT2D eigenvalue weighted by atomic mass is 32.2. The van der Waals surface area contributed by atoms with Crippen LogP contribution in [0.3, 0.4) is 0 Å². The molecule has 3 aromatic rings. The highest BCUT2D eigenvalue weighted by Crippen LogP contribution is 2.23. The lowest BCUT2D eigenvalue weighted by molar-refractivity contribution is 0.589. The quantitative estimate of drug-likeness (QED) is 0.742. The molecule has 0 radical (unpaired) electrons. The summed E-state index contributed by atoms with van der Waals surface area (Å²) in [5.41, 5.74) is 1.43. The molecule has 0 aliphatic heterocycles. The van der Waals surface area contributed by atoms with Crippen molar-refractivity contribution < 1.29 is 8.42 Å². The number of nitrogens with zero attached hydrogens (tertiary/aromatic N) is 2. The predicted octanol–water partition coefficient (Wildman–Crippen LogP) is 2.53. The molecule has 0 saturated carbocycles. The van der Waals surface area contributed by atoms with Gasteiger partial charge >= 0.3 is 0 Å². The number of fused-ring (bicyclic) bond motifs is 1. The standard InChI is InChI=1S/C17H16N2O3S/c1-4-13-11-18(3)17(20)16-15(13)9-10-19(16)23(21,22)14-7-5-12(2)6-8-14/h4-11H,1H2,2-3H3. The van der Waals surface area contributed by atoms with Gasteiger partial charge in [-0.25, -0.2) is 12.4 Å². The van der Waals surface area contributed by atoms with Gasteiger partial charge in [0.1, 0.15) is 5.52 Å². The third-order valence-electron chi connectivity index (χ3n) is 3.82.